The van der Waals surface area contributed by atoms with Crippen molar-refractivity contribution < 1.29 is 4.74 Å². The van der Waals surface area contributed by atoms with Gasteiger partial charge in [-0.05, 0) is 53.0 Å². The molecule has 0 saturated heterocycles. The van der Waals surface area contributed by atoms with Crippen LogP contribution in [0.3, 0.4) is 0 Å². The van der Waals surface area contributed by atoms with Crippen molar-refractivity contribution in [2.75, 3.05) is 19.8 Å². The van der Waals surface area contributed by atoms with Crippen LogP contribution in [0.5, 0.6) is 0 Å². The molecule has 1 atom stereocenters. The first-order valence-corrected chi connectivity index (χ1v) is 5.78. The minimum Gasteiger partial charge on any atom is -0.382 e. The summed E-state index contributed by atoms with van der Waals surface area (Å²) in [5.74, 6) is 0.745. The van der Waals surface area contributed by atoms with E-state index >= 15 is 0 Å². The van der Waals surface area contributed by atoms with E-state index in [4.69, 9.17) is 4.74 Å². The minimum absolute atomic E-state index is 0.244. The van der Waals surface area contributed by atoms with Gasteiger partial charge in [0.1, 0.15) is 0 Å². The Hall–Kier alpha value is -0.0800. The average molecular weight is 201 g/mol. The first kappa shape index (κ1) is 13.9. The molecule has 0 saturated carbocycles. The van der Waals surface area contributed by atoms with Crippen molar-refractivity contribution in [3.63, 3.8) is 0 Å². The molecule has 0 aliphatic rings. The summed E-state index contributed by atoms with van der Waals surface area (Å²) in [7, 11) is 0. The van der Waals surface area contributed by atoms with E-state index < -0.39 is 0 Å². The van der Waals surface area contributed by atoms with Gasteiger partial charge in [0.15, 0.2) is 0 Å². The third-order valence-electron chi connectivity index (χ3n) is 2.17. The Balaban J connectivity index is 3.32. The molecule has 14 heavy (non-hydrogen) atoms. The van der Waals surface area contributed by atoms with Gasteiger partial charge in [0.25, 0.3) is 0 Å². The summed E-state index contributed by atoms with van der Waals surface area (Å²) in [6.45, 7) is 13.8. The van der Waals surface area contributed by atoms with Crippen molar-refractivity contribution in [2.45, 2.75) is 53.0 Å². The lowest BCUT2D eigenvalue weighted by Gasteiger charge is -2.23. The van der Waals surface area contributed by atoms with E-state index in [0.29, 0.717) is 0 Å². The van der Waals surface area contributed by atoms with Crippen molar-refractivity contribution in [2.24, 2.45) is 5.92 Å². The molecule has 0 amide bonds. The lowest BCUT2D eigenvalue weighted by Crippen LogP contribution is -2.38. The van der Waals surface area contributed by atoms with Gasteiger partial charge in [-0.3, -0.25) is 0 Å². The van der Waals surface area contributed by atoms with Gasteiger partial charge in [-0.15, -0.1) is 0 Å². The summed E-state index contributed by atoms with van der Waals surface area (Å²) in [4.78, 5) is 0. The quantitative estimate of drug-likeness (QED) is 0.640. The highest BCUT2D eigenvalue weighted by Crippen LogP contribution is 2.07. The van der Waals surface area contributed by atoms with Crippen LogP contribution >= 0.6 is 0 Å². The lowest BCUT2D eigenvalue weighted by atomic mass is 10.0. The molecule has 0 bridgehead atoms. The van der Waals surface area contributed by atoms with Crippen LogP contribution in [-0.4, -0.2) is 25.3 Å². The van der Waals surface area contributed by atoms with Crippen LogP contribution in [0.4, 0.5) is 0 Å². The maximum absolute atomic E-state index is 5.31. The Kier molecular flexibility index (Phi) is 7.20. The van der Waals surface area contributed by atoms with Gasteiger partial charge < -0.3 is 10.1 Å². The Morgan fingerprint density at radius 2 is 1.93 bits per heavy atom. The average Bonchev–Trinajstić information content (AvgIpc) is 2.08. The van der Waals surface area contributed by atoms with E-state index in [1.807, 2.05) is 6.92 Å². The van der Waals surface area contributed by atoms with Gasteiger partial charge in [0.2, 0.25) is 0 Å². The Morgan fingerprint density at radius 1 is 1.29 bits per heavy atom. The molecule has 2 heteroatoms. The summed E-state index contributed by atoms with van der Waals surface area (Å²) >= 11 is 0. The highest BCUT2D eigenvalue weighted by atomic mass is 16.5. The zero-order chi connectivity index (χ0) is 11.0. The van der Waals surface area contributed by atoms with Gasteiger partial charge in [-0.2, -0.15) is 0 Å². The lowest BCUT2D eigenvalue weighted by molar-refractivity contribution is 0.139. The fourth-order valence-corrected chi connectivity index (χ4v) is 1.26. The highest BCUT2D eigenvalue weighted by Gasteiger charge is 2.10. The normalized spacial score (nSPS) is 14.4. The molecular formula is C12H27NO. The summed E-state index contributed by atoms with van der Waals surface area (Å²) in [5, 5.41) is 3.52. The monoisotopic (exact) mass is 201 g/mol. The molecule has 1 unspecified atom stereocenters. The smallest absolute Gasteiger partial charge is 0.0466 e. The van der Waals surface area contributed by atoms with Gasteiger partial charge in [-0.25, -0.2) is 0 Å². The molecule has 1 N–H and O–H groups in total. The predicted octanol–water partition coefficient (Wildman–Crippen LogP) is 2.83. The minimum atomic E-state index is 0.244. The molecule has 0 radical (unpaired) electrons. The van der Waals surface area contributed by atoms with Crippen LogP contribution < -0.4 is 5.32 Å². The first-order chi connectivity index (χ1) is 6.45. The van der Waals surface area contributed by atoms with E-state index in [1.165, 1.54) is 12.8 Å². The maximum Gasteiger partial charge on any atom is 0.0466 e. The molecule has 0 fully saturated rings. The zero-order valence-corrected chi connectivity index (χ0v) is 10.5. The number of ether oxygens (including phenoxy) is 1. The molecule has 0 spiro atoms. The molecule has 0 aromatic rings. The second-order valence-corrected chi connectivity index (χ2v) is 5.08. The van der Waals surface area contributed by atoms with Crippen LogP contribution in [0, 0.1) is 5.92 Å². The Bertz CT molecular complexity index is 129. The Labute approximate surface area is 89.4 Å². The molecule has 0 aromatic heterocycles. The van der Waals surface area contributed by atoms with Crippen molar-refractivity contribution >= 4 is 0 Å². The number of hydrogen-bond acceptors (Lipinski definition) is 2. The zero-order valence-electron chi connectivity index (χ0n) is 10.5. The first-order valence-electron chi connectivity index (χ1n) is 5.78. The number of nitrogens with one attached hydrogen (secondary N) is 1. The van der Waals surface area contributed by atoms with Crippen LogP contribution in [0.25, 0.3) is 0 Å². The highest BCUT2D eigenvalue weighted by molar-refractivity contribution is 4.71. The Morgan fingerprint density at radius 3 is 2.43 bits per heavy atom. The number of hydrogen-bond donors (Lipinski definition) is 1. The molecule has 0 heterocycles. The van der Waals surface area contributed by atoms with Gasteiger partial charge in [0, 0.05) is 18.8 Å². The van der Waals surface area contributed by atoms with Gasteiger partial charge in [0.05, 0.1) is 0 Å². The molecule has 0 aromatic carbocycles. The van der Waals surface area contributed by atoms with Crippen molar-refractivity contribution in [3.05, 3.63) is 0 Å². The molecule has 2 nitrogen and oxygen atoms in total. The molecule has 0 rings (SSSR count). The largest absolute Gasteiger partial charge is 0.382 e. The van der Waals surface area contributed by atoms with E-state index in [9.17, 15) is 0 Å². The second-order valence-electron chi connectivity index (χ2n) is 5.08. The van der Waals surface area contributed by atoms with Crippen molar-refractivity contribution in [1.82, 2.24) is 5.32 Å². The third-order valence-corrected chi connectivity index (χ3v) is 2.17. The van der Waals surface area contributed by atoms with E-state index in [-0.39, 0.29) is 5.54 Å². The van der Waals surface area contributed by atoms with Gasteiger partial charge >= 0.3 is 0 Å². The molecule has 0 aliphatic carbocycles. The van der Waals surface area contributed by atoms with Crippen molar-refractivity contribution in [1.29, 1.82) is 0 Å². The molecule has 0 aliphatic heterocycles. The van der Waals surface area contributed by atoms with Gasteiger partial charge in [-0.1, -0.05) is 6.92 Å². The third kappa shape index (κ3) is 10.0. The number of rotatable bonds is 7. The SMILES string of the molecule is CCOCCCC(C)CNC(C)(C)C. The molecular weight excluding hydrogens is 174 g/mol. The summed E-state index contributed by atoms with van der Waals surface area (Å²) in [6, 6.07) is 0. The summed E-state index contributed by atoms with van der Waals surface area (Å²) < 4.78 is 5.31. The van der Waals surface area contributed by atoms with Crippen LogP contribution in [0.15, 0.2) is 0 Å². The van der Waals surface area contributed by atoms with Crippen LogP contribution in [-0.2, 0) is 4.74 Å². The van der Waals surface area contributed by atoms with E-state index in [2.05, 4.69) is 33.0 Å². The van der Waals surface area contributed by atoms with E-state index in [0.717, 1.165) is 25.7 Å². The fourth-order valence-electron chi connectivity index (χ4n) is 1.26. The predicted molar refractivity (Wildman–Crippen MR) is 62.6 cm³/mol. The fraction of sp³-hybridized carbons (Fsp3) is 1.00. The second kappa shape index (κ2) is 7.24. The molecule has 86 valence electrons. The van der Waals surface area contributed by atoms with Crippen molar-refractivity contribution in [3.8, 4) is 0 Å². The summed E-state index contributed by atoms with van der Waals surface area (Å²) in [5.41, 5.74) is 0.244. The topological polar surface area (TPSA) is 21.3 Å². The standard InChI is InChI=1S/C12H27NO/c1-6-14-9-7-8-11(2)10-13-12(3,4)5/h11,13H,6-10H2,1-5H3. The van der Waals surface area contributed by atoms with Crippen LogP contribution in [0.1, 0.15) is 47.5 Å². The summed E-state index contributed by atoms with van der Waals surface area (Å²) in [6.07, 6.45) is 2.43. The van der Waals surface area contributed by atoms with Crippen LogP contribution in [0.2, 0.25) is 0 Å². The van der Waals surface area contributed by atoms with E-state index in [1.54, 1.807) is 0 Å². The maximum atomic E-state index is 5.31.